The molecule has 0 saturated heterocycles. The molecule has 0 aromatic heterocycles. The number of hydrogen-bond acceptors (Lipinski definition) is 1. The van der Waals surface area contributed by atoms with Gasteiger partial charge in [-0.2, -0.15) is 0 Å². The van der Waals surface area contributed by atoms with E-state index in [1.807, 2.05) is 0 Å². The minimum absolute atomic E-state index is 0.0588. The highest BCUT2D eigenvalue weighted by atomic mass is 79.9. The predicted octanol–water partition coefficient (Wildman–Crippen LogP) is 3.44. The lowest BCUT2D eigenvalue weighted by molar-refractivity contribution is -0.139. The third-order valence-corrected chi connectivity index (χ3v) is 4.90. The van der Waals surface area contributed by atoms with Gasteiger partial charge in [0.1, 0.15) is 0 Å². The monoisotopic (exact) mass is 323 g/mol. The number of rotatable bonds is 3. The standard InChI is InChI=1S/C13H20BrF2NO/c1-17(8-9-6-11(14)7-9)12(18)10-2-4-13(15,16)5-3-10/h9-11H,2-8H2,1H3. The molecule has 2 aliphatic rings. The van der Waals surface area contributed by atoms with Crippen LogP contribution < -0.4 is 0 Å². The Kier molecular flexibility index (Phi) is 4.29. The van der Waals surface area contributed by atoms with Crippen molar-refractivity contribution in [1.29, 1.82) is 0 Å². The van der Waals surface area contributed by atoms with Crippen molar-refractivity contribution in [3.8, 4) is 0 Å². The fourth-order valence-corrected chi connectivity index (χ4v) is 3.94. The Morgan fingerprint density at radius 1 is 1.33 bits per heavy atom. The van der Waals surface area contributed by atoms with Gasteiger partial charge in [0.2, 0.25) is 11.8 Å². The SMILES string of the molecule is CN(CC1CC(Br)C1)C(=O)C1CCC(F)(F)CC1. The van der Waals surface area contributed by atoms with Crippen LogP contribution in [0.15, 0.2) is 0 Å². The summed E-state index contributed by atoms with van der Waals surface area (Å²) >= 11 is 3.53. The van der Waals surface area contributed by atoms with Crippen LogP contribution in [0.5, 0.6) is 0 Å². The first-order chi connectivity index (χ1) is 8.37. The molecule has 2 saturated carbocycles. The van der Waals surface area contributed by atoms with Crippen LogP contribution in [0, 0.1) is 11.8 Å². The highest BCUT2D eigenvalue weighted by Gasteiger charge is 2.38. The van der Waals surface area contributed by atoms with Crippen LogP contribution in [0.25, 0.3) is 0 Å². The molecule has 0 bridgehead atoms. The van der Waals surface area contributed by atoms with Crippen LogP contribution in [-0.2, 0) is 4.79 Å². The molecule has 0 N–H and O–H groups in total. The molecule has 0 radical (unpaired) electrons. The number of carbonyl (C=O) groups excluding carboxylic acids is 1. The first kappa shape index (κ1) is 14.2. The van der Waals surface area contributed by atoms with Crippen LogP contribution in [0.3, 0.4) is 0 Å². The molecule has 0 atom stereocenters. The normalized spacial score (nSPS) is 31.8. The highest BCUT2D eigenvalue weighted by Crippen LogP contribution is 2.37. The van der Waals surface area contributed by atoms with Crippen molar-refractivity contribution in [2.45, 2.75) is 49.3 Å². The first-order valence-corrected chi connectivity index (χ1v) is 7.56. The zero-order valence-corrected chi connectivity index (χ0v) is 12.3. The van der Waals surface area contributed by atoms with E-state index in [4.69, 9.17) is 0 Å². The zero-order chi connectivity index (χ0) is 13.3. The highest BCUT2D eigenvalue weighted by molar-refractivity contribution is 9.09. The maximum absolute atomic E-state index is 13.0. The van der Waals surface area contributed by atoms with Gasteiger partial charge in [-0.1, -0.05) is 15.9 Å². The molecule has 0 aliphatic heterocycles. The van der Waals surface area contributed by atoms with E-state index in [0.717, 1.165) is 19.4 Å². The van der Waals surface area contributed by atoms with Crippen LogP contribution in [0.1, 0.15) is 38.5 Å². The van der Waals surface area contributed by atoms with Gasteiger partial charge in [0.05, 0.1) is 0 Å². The van der Waals surface area contributed by atoms with Gasteiger partial charge < -0.3 is 4.90 Å². The lowest BCUT2D eigenvalue weighted by Crippen LogP contribution is -2.42. The van der Waals surface area contributed by atoms with Crippen molar-refractivity contribution >= 4 is 21.8 Å². The van der Waals surface area contributed by atoms with Gasteiger partial charge in [0, 0.05) is 37.2 Å². The third kappa shape index (κ3) is 3.43. The average Bonchev–Trinajstić information content (AvgIpc) is 2.26. The molecule has 18 heavy (non-hydrogen) atoms. The van der Waals surface area contributed by atoms with Crippen molar-refractivity contribution in [2.24, 2.45) is 11.8 Å². The molecular formula is C13H20BrF2NO. The summed E-state index contributed by atoms with van der Waals surface area (Å²) < 4.78 is 26.1. The second-order valence-electron chi connectivity index (χ2n) is 5.78. The molecule has 2 rings (SSSR count). The van der Waals surface area contributed by atoms with E-state index >= 15 is 0 Å². The Morgan fingerprint density at radius 2 is 1.89 bits per heavy atom. The number of carbonyl (C=O) groups is 1. The quantitative estimate of drug-likeness (QED) is 0.728. The van der Waals surface area contributed by atoms with Gasteiger partial charge in [0.25, 0.3) is 0 Å². The largest absolute Gasteiger partial charge is 0.345 e. The van der Waals surface area contributed by atoms with Gasteiger partial charge in [-0.3, -0.25) is 4.79 Å². The summed E-state index contributed by atoms with van der Waals surface area (Å²) in [5.74, 6) is -2.10. The number of nitrogens with zero attached hydrogens (tertiary/aromatic N) is 1. The second-order valence-corrected chi connectivity index (χ2v) is 7.08. The summed E-state index contributed by atoms with van der Waals surface area (Å²) in [5, 5.41) is 0. The molecule has 5 heteroatoms. The lowest BCUT2D eigenvalue weighted by atomic mass is 9.83. The molecule has 0 unspecified atom stereocenters. The fraction of sp³-hybridized carbons (Fsp3) is 0.923. The fourth-order valence-electron chi connectivity index (χ4n) is 2.88. The molecule has 2 fully saturated rings. The summed E-state index contributed by atoms with van der Waals surface area (Å²) in [6.07, 6.45) is 2.62. The molecule has 0 heterocycles. The van der Waals surface area contributed by atoms with Crippen molar-refractivity contribution in [2.75, 3.05) is 13.6 Å². The van der Waals surface area contributed by atoms with Crippen molar-refractivity contribution < 1.29 is 13.6 Å². The van der Waals surface area contributed by atoms with E-state index in [0.29, 0.717) is 23.6 Å². The number of amides is 1. The minimum atomic E-state index is -2.55. The summed E-state index contributed by atoms with van der Waals surface area (Å²) in [4.78, 5) is 14.5. The van der Waals surface area contributed by atoms with Crippen LogP contribution in [0.4, 0.5) is 8.78 Å². The molecule has 104 valence electrons. The van der Waals surface area contributed by atoms with Crippen LogP contribution in [0.2, 0.25) is 0 Å². The maximum Gasteiger partial charge on any atom is 0.248 e. The molecule has 1 amide bonds. The Labute approximate surface area is 115 Å². The summed E-state index contributed by atoms with van der Waals surface area (Å²) in [6, 6.07) is 0. The number of halogens is 3. The molecule has 0 aromatic rings. The van der Waals surface area contributed by atoms with Gasteiger partial charge in [0.15, 0.2) is 0 Å². The molecule has 2 aliphatic carbocycles. The topological polar surface area (TPSA) is 20.3 Å². The molecule has 2 nitrogen and oxygen atoms in total. The van der Waals surface area contributed by atoms with E-state index in [9.17, 15) is 13.6 Å². The second kappa shape index (κ2) is 5.43. The number of hydrogen-bond donors (Lipinski definition) is 0. The maximum atomic E-state index is 13.0. The first-order valence-electron chi connectivity index (χ1n) is 6.64. The van der Waals surface area contributed by atoms with Crippen LogP contribution in [-0.4, -0.2) is 35.1 Å². The zero-order valence-electron chi connectivity index (χ0n) is 10.7. The van der Waals surface area contributed by atoms with E-state index in [1.54, 1.807) is 11.9 Å². The van der Waals surface area contributed by atoms with Crippen molar-refractivity contribution in [3.63, 3.8) is 0 Å². The van der Waals surface area contributed by atoms with Gasteiger partial charge >= 0.3 is 0 Å². The van der Waals surface area contributed by atoms with Crippen LogP contribution >= 0.6 is 15.9 Å². The molecule has 0 aromatic carbocycles. The van der Waals surface area contributed by atoms with Gasteiger partial charge in [-0.25, -0.2) is 8.78 Å². The molecular weight excluding hydrogens is 304 g/mol. The van der Waals surface area contributed by atoms with E-state index in [1.165, 1.54) is 0 Å². The summed E-state index contributed by atoms with van der Waals surface area (Å²) in [7, 11) is 1.80. The Bertz CT molecular complexity index is 308. The smallest absolute Gasteiger partial charge is 0.248 e. The minimum Gasteiger partial charge on any atom is -0.345 e. The average molecular weight is 324 g/mol. The molecule has 0 spiro atoms. The van der Waals surface area contributed by atoms with E-state index < -0.39 is 5.92 Å². The van der Waals surface area contributed by atoms with E-state index in [2.05, 4.69) is 15.9 Å². The van der Waals surface area contributed by atoms with Crippen molar-refractivity contribution in [1.82, 2.24) is 4.90 Å². The number of alkyl halides is 3. The Hall–Kier alpha value is -0.190. The Balaban J connectivity index is 1.77. The summed E-state index contributed by atoms with van der Waals surface area (Å²) in [6.45, 7) is 0.772. The van der Waals surface area contributed by atoms with E-state index in [-0.39, 0.29) is 24.7 Å². The van der Waals surface area contributed by atoms with Crippen molar-refractivity contribution in [3.05, 3.63) is 0 Å². The predicted molar refractivity (Wildman–Crippen MR) is 70.0 cm³/mol. The third-order valence-electron chi connectivity index (χ3n) is 4.15. The summed E-state index contributed by atoms with van der Waals surface area (Å²) in [5.41, 5.74) is 0. The van der Waals surface area contributed by atoms with Gasteiger partial charge in [-0.15, -0.1) is 0 Å². The van der Waals surface area contributed by atoms with Gasteiger partial charge in [-0.05, 0) is 31.6 Å². The Morgan fingerprint density at radius 3 is 2.39 bits per heavy atom. The lowest BCUT2D eigenvalue weighted by Gasteiger charge is -2.36.